The van der Waals surface area contributed by atoms with Crippen molar-refractivity contribution in [2.45, 2.75) is 45.6 Å². The summed E-state index contributed by atoms with van der Waals surface area (Å²) in [6.07, 6.45) is 4.99. The molecule has 3 atom stereocenters. The van der Waals surface area contributed by atoms with Gasteiger partial charge in [-0.15, -0.1) is 0 Å². The molecule has 1 heterocycles. The third-order valence-electron chi connectivity index (χ3n) is 6.29. The van der Waals surface area contributed by atoms with E-state index >= 15 is 0 Å². The van der Waals surface area contributed by atoms with Crippen molar-refractivity contribution in [3.63, 3.8) is 0 Å². The Balaban J connectivity index is 1.38. The fourth-order valence-corrected chi connectivity index (χ4v) is 4.39. The molecule has 5 heteroatoms. The maximum absolute atomic E-state index is 12.4. The third kappa shape index (κ3) is 4.14. The first-order chi connectivity index (χ1) is 14.0. The van der Waals surface area contributed by atoms with Crippen LogP contribution in [0.5, 0.6) is 0 Å². The third-order valence-corrected chi connectivity index (χ3v) is 6.29. The maximum Gasteiger partial charge on any atom is 0.310 e. The van der Waals surface area contributed by atoms with Gasteiger partial charge in [-0.25, -0.2) is 0 Å². The average Bonchev–Trinajstić information content (AvgIpc) is 3.13. The lowest BCUT2D eigenvalue weighted by Gasteiger charge is -2.34. The van der Waals surface area contributed by atoms with E-state index in [-0.39, 0.29) is 25.0 Å². The van der Waals surface area contributed by atoms with Crippen LogP contribution in [0.4, 0.5) is 0 Å². The largest absolute Gasteiger partial charge is 0.464 e. The van der Waals surface area contributed by atoms with E-state index in [1.807, 2.05) is 36.4 Å². The molecule has 1 fully saturated rings. The van der Waals surface area contributed by atoms with Crippen molar-refractivity contribution in [1.29, 1.82) is 0 Å². The number of hydrogen-bond donors (Lipinski definition) is 1. The van der Waals surface area contributed by atoms with Crippen LogP contribution in [-0.4, -0.2) is 24.5 Å². The number of ether oxygens (including phenoxy) is 1. The Labute approximate surface area is 170 Å². The van der Waals surface area contributed by atoms with Crippen LogP contribution in [0.3, 0.4) is 0 Å². The SMILES string of the molecule is C[C@@H]1[C@H](C)CCC[C@@H]1NC(=O)COC(=O)Cc1coc2ccc3ccccc3c12. The van der Waals surface area contributed by atoms with E-state index in [1.54, 1.807) is 6.26 Å². The maximum atomic E-state index is 12.4. The highest BCUT2D eigenvalue weighted by Crippen LogP contribution is 2.31. The Morgan fingerprint density at radius 1 is 1.14 bits per heavy atom. The molecule has 0 radical (unpaired) electrons. The number of carbonyl (C=O) groups excluding carboxylic acids is 2. The van der Waals surface area contributed by atoms with E-state index in [0.717, 1.165) is 40.1 Å². The Hall–Kier alpha value is -2.82. The summed E-state index contributed by atoms with van der Waals surface area (Å²) in [4.78, 5) is 24.6. The number of furan rings is 1. The highest BCUT2D eigenvalue weighted by molar-refractivity contribution is 6.08. The first-order valence-electron chi connectivity index (χ1n) is 10.4. The van der Waals surface area contributed by atoms with E-state index in [0.29, 0.717) is 11.8 Å². The Morgan fingerprint density at radius 2 is 1.97 bits per heavy atom. The summed E-state index contributed by atoms with van der Waals surface area (Å²) in [7, 11) is 0. The molecule has 1 aromatic heterocycles. The van der Waals surface area contributed by atoms with Gasteiger partial charge in [-0.05, 0) is 35.1 Å². The Kier molecular flexibility index (Phi) is 5.56. The van der Waals surface area contributed by atoms with E-state index in [1.165, 1.54) is 6.42 Å². The van der Waals surface area contributed by atoms with Crippen LogP contribution in [0.2, 0.25) is 0 Å². The quantitative estimate of drug-likeness (QED) is 0.643. The van der Waals surface area contributed by atoms with Crippen molar-refractivity contribution in [2.24, 2.45) is 11.8 Å². The lowest BCUT2D eigenvalue weighted by molar-refractivity contribution is -0.148. The molecule has 152 valence electrons. The smallest absolute Gasteiger partial charge is 0.310 e. The highest BCUT2D eigenvalue weighted by atomic mass is 16.5. The van der Waals surface area contributed by atoms with Crippen LogP contribution < -0.4 is 5.32 Å². The van der Waals surface area contributed by atoms with Gasteiger partial charge >= 0.3 is 5.97 Å². The van der Waals surface area contributed by atoms with E-state index in [4.69, 9.17) is 9.15 Å². The molecule has 1 aliphatic rings. The predicted octanol–water partition coefficient (Wildman–Crippen LogP) is 4.61. The summed E-state index contributed by atoms with van der Waals surface area (Å²) in [6.45, 7) is 4.16. The number of carbonyl (C=O) groups is 2. The average molecular weight is 393 g/mol. The summed E-state index contributed by atoms with van der Waals surface area (Å²) < 4.78 is 10.9. The van der Waals surface area contributed by atoms with Gasteiger partial charge < -0.3 is 14.5 Å². The fraction of sp³-hybridized carbons (Fsp3) is 0.417. The normalized spacial score (nSPS) is 21.9. The number of amides is 1. The van der Waals surface area contributed by atoms with Crippen molar-refractivity contribution in [3.8, 4) is 0 Å². The molecule has 1 saturated carbocycles. The predicted molar refractivity (Wildman–Crippen MR) is 112 cm³/mol. The molecule has 0 aliphatic heterocycles. The highest BCUT2D eigenvalue weighted by Gasteiger charge is 2.28. The van der Waals surface area contributed by atoms with Gasteiger partial charge in [0.25, 0.3) is 5.91 Å². The second kappa shape index (κ2) is 8.27. The molecule has 29 heavy (non-hydrogen) atoms. The lowest BCUT2D eigenvalue weighted by Crippen LogP contribution is -2.45. The monoisotopic (exact) mass is 393 g/mol. The molecule has 2 aromatic carbocycles. The summed E-state index contributed by atoms with van der Waals surface area (Å²) in [5, 5.41) is 6.09. The molecule has 0 saturated heterocycles. The summed E-state index contributed by atoms with van der Waals surface area (Å²) >= 11 is 0. The molecule has 4 rings (SSSR count). The number of benzene rings is 2. The summed E-state index contributed by atoms with van der Waals surface area (Å²) in [5.74, 6) is 0.377. The second-order valence-corrected chi connectivity index (χ2v) is 8.20. The molecule has 1 amide bonds. The molecule has 1 N–H and O–H groups in total. The van der Waals surface area contributed by atoms with Gasteiger partial charge in [0.1, 0.15) is 5.58 Å². The molecular formula is C24H27NO4. The van der Waals surface area contributed by atoms with Crippen molar-refractivity contribution in [3.05, 3.63) is 48.2 Å². The van der Waals surface area contributed by atoms with Crippen molar-refractivity contribution in [1.82, 2.24) is 5.32 Å². The fourth-order valence-electron chi connectivity index (χ4n) is 4.39. The van der Waals surface area contributed by atoms with E-state index in [9.17, 15) is 9.59 Å². The van der Waals surface area contributed by atoms with Crippen molar-refractivity contribution >= 4 is 33.6 Å². The van der Waals surface area contributed by atoms with Gasteiger partial charge in [0.05, 0.1) is 12.7 Å². The number of nitrogens with one attached hydrogen (secondary N) is 1. The van der Waals surface area contributed by atoms with E-state index in [2.05, 4.69) is 19.2 Å². The molecule has 0 unspecified atom stereocenters. The van der Waals surface area contributed by atoms with Gasteiger partial charge in [0.2, 0.25) is 0 Å². The zero-order valence-corrected chi connectivity index (χ0v) is 16.9. The van der Waals surface area contributed by atoms with Gasteiger partial charge in [-0.2, -0.15) is 0 Å². The molecule has 0 spiro atoms. The van der Waals surface area contributed by atoms with Crippen molar-refractivity contribution in [2.75, 3.05) is 6.61 Å². The van der Waals surface area contributed by atoms with E-state index < -0.39 is 5.97 Å². The van der Waals surface area contributed by atoms with Gasteiger partial charge in [-0.1, -0.05) is 57.0 Å². The first-order valence-corrected chi connectivity index (χ1v) is 10.4. The molecule has 0 bridgehead atoms. The first kappa shape index (κ1) is 19.5. The van der Waals surface area contributed by atoms with Crippen LogP contribution in [0.1, 0.15) is 38.7 Å². The van der Waals surface area contributed by atoms with Crippen LogP contribution >= 0.6 is 0 Å². The number of rotatable bonds is 5. The Morgan fingerprint density at radius 3 is 2.83 bits per heavy atom. The standard InChI is InChI=1S/C24H27NO4/c1-15-6-5-9-20(16(15)2)25-22(26)14-29-23(27)12-18-13-28-21-11-10-17-7-3-4-8-19(17)24(18)21/h3-4,7-8,10-11,13,15-16,20H,5-6,9,12,14H2,1-2H3,(H,25,26)/t15-,16-,20+/m1/s1. The minimum Gasteiger partial charge on any atom is -0.464 e. The van der Waals surface area contributed by atoms with Crippen LogP contribution in [-0.2, 0) is 20.7 Å². The van der Waals surface area contributed by atoms with Gasteiger partial charge in [0, 0.05) is 17.0 Å². The number of fused-ring (bicyclic) bond motifs is 3. The van der Waals surface area contributed by atoms with Crippen molar-refractivity contribution < 1.29 is 18.7 Å². The number of hydrogen-bond acceptors (Lipinski definition) is 4. The number of esters is 1. The van der Waals surface area contributed by atoms with Crippen LogP contribution in [0.25, 0.3) is 21.7 Å². The summed E-state index contributed by atoms with van der Waals surface area (Å²) in [6, 6.07) is 12.1. The minimum absolute atomic E-state index is 0.0746. The lowest BCUT2D eigenvalue weighted by atomic mass is 9.78. The minimum atomic E-state index is -0.430. The van der Waals surface area contributed by atoms with Gasteiger partial charge in [0.15, 0.2) is 6.61 Å². The summed E-state index contributed by atoms with van der Waals surface area (Å²) in [5.41, 5.74) is 1.52. The molecule has 3 aromatic rings. The zero-order chi connectivity index (χ0) is 20.4. The molecule has 1 aliphatic carbocycles. The topological polar surface area (TPSA) is 68.5 Å². The van der Waals surface area contributed by atoms with Crippen LogP contribution in [0.15, 0.2) is 47.1 Å². The zero-order valence-electron chi connectivity index (χ0n) is 16.9. The molecular weight excluding hydrogens is 366 g/mol. The van der Waals surface area contributed by atoms with Gasteiger partial charge in [-0.3, -0.25) is 9.59 Å². The Bertz CT molecular complexity index is 1040. The van der Waals surface area contributed by atoms with Crippen LogP contribution in [0, 0.1) is 11.8 Å². The molecule has 5 nitrogen and oxygen atoms in total. The second-order valence-electron chi connectivity index (χ2n) is 8.20.